The van der Waals surface area contributed by atoms with E-state index in [1.165, 1.54) is 0 Å². The molecule has 5 nitrogen and oxygen atoms in total. The van der Waals surface area contributed by atoms with Crippen molar-refractivity contribution in [1.29, 1.82) is 0 Å². The van der Waals surface area contributed by atoms with E-state index >= 15 is 0 Å². The van der Waals surface area contributed by atoms with Gasteiger partial charge in [0.1, 0.15) is 11.4 Å². The van der Waals surface area contributed by atoms with Gasteiger partial charge in [0, 0.05) is 18.5 Å². The van der Waals surface area contributed by atoms with Crippen LogP contribution < -0.4 is 5.32 Å². The Morgan fingerprint density at radius 1 is 1.35 bits per heavy atom. The van der Waals surface area contributed by atoms with Gasteiger partial charge in [-0.15, -0.1) is 0 Å². The number of nitrogens with zero attached hydrogens (tertiary/aromatic N) is 1. The van der Waals surface area contributed by atoms with Crippen molar-refractivity contribution in [1.82, 2.24) is 4.98 Å². The number of fused-ring (bicyclic) bond motifs is 1. The van der Waals surface area contributed by atoms with E-state index in [4.69, 9.17) is 4.74 Å². The molecule has 5 heteroatoms. The van der Waals surface area contributed by atoms with Gasteiger partial charge < -0.3 is 15.2 Å². The topological polar surface area (TPSA) is 71.5 Å². The summed E-state index contributed by atoms with van der Waals surface area (Å²) in [6.45, 7) is 4.96. The highest BCUT2D eigenvalue weighted by atomic mass is 16.5. The van der Waals surface area contributed by atoms with Crippen LogP contribution in [0.5, 0.6) is 0 Å². The van der Waals surface area contributed by atoms with Crippen molar-refractivity contribution in [2.24, 2.45) is 0 Å². The van der Waals surface area contributed by atoms with Crippen LogP contribution in [0.2, 0.25) is 0 Å². The molecule has 0 amide bonds. The van der Waals surface area contributed by atoms with Crippen LogP contribution in [0.1, 0.15) is 41.0 Å². The van der Waals surface area contributed by atoms with Crippen LogP contribution in [-0.2, 0) is 24.3 Å². The van der Waals surface area contributed by atoms with Crippen molar-refractivity contribution in [3.63, 3.8) is 0 Å². The molecule has 0 bridgehead atoms. The number of benzene rings is 1. The summed E-state index contributed by atoms with van der Waals surface area (Å²) >= 11 is 0. The number of hydrogen-bond donors (Lipinski definition) is 2. The number of carboxylic acid groups (broad SMARTS) is 1. The Labute approximate surface area is 135 Å². The van der Waals surface area contributed by atoms with Crippen LogP contribution in [0.25, 0.3) is 0 Å². The fourth-order valence-electron chi connectivity index (χ4n) is 2.68. The van der Waals surface area contributed by atoms with Crippen molar-refractivity contribution in [3.05, 3.63) is 58.8 Å². The van der Waals surface area contributed by atoms with E-state index in [1.54, 1.807) is 6.07 Å². The van der Waals surface area contributed by atoms with Crippen molar-refractivity contribution < 1.29 is 14.6 Å². The van der Waals surface area contributed by atoms with E-state index in [0.717, 1.165) is 16.8 Å². The maximum Gasteiger partial charge on any atom is 0.339 e. The van der Waals surface area contributed by atoms with Gasteiger partial charge in [0.25, 0.3) is 0 Å². The minimum atomic E-state index is -0.985. The lowest BCUT2D eigenvalue weighted by molar-refractivity contribution is -0.0412. The summed E-state index contributed by atoms with van der Waals surface area (Å²) in [5.41, 5.74) is 2.74. The second-order valence-electron chi connectivity index (χ2n) is 6.36. The van der Waals surface area contributed by atoms with Crippen molar-refractivity contribution in [3.8, 4) is 0 Å². The zero-order valence-electron chi connectivity index (χ0n) is 13.3. The van der Waals surface area contributed by atoms with Crippen molar-refractivity contribution in [2.75, 3.05) is 5.32 Å². The lowest BCUT2D eigenvalue weighted by atomic mass is 9.95. The Morgan fingerprint density at radius 2 is 2.09 bits per heavy atom. The number of hydrogen-bond acceptors (Lipinski definition) is 4. The molecule has 0 aliphatic carbocycles. The summed E-state index contributed by atoms with van der Waals surface area (Å²) in [6, 6.07) is 11.5. The highest BCUT2D eigenvalue weighted by Crippen LogP contribution is 2.29. The Hall–Kier alpha value is -2.40. The molecule has 0 saturated heterocycles. The maximum absolute atomic E-state index is 11.5. The number of aromatic nitrogens is 1. The summed E-state index contributed by atoms with van der Waals surface area (Å²) < 4.78 is 5.74. The normalized spacial score (nSPS) is 15.7. The van der Waals surface area contributed by atoms with Crippen molar-refractivity contribution >= 4 is 11.8 Å². The minimum Gasteiger partial charge on any atom is -0.478 e. The Morgan fingerprint density at radius 3 is 2.78 bits per heavy atom. The van der Waals surface area contributed by atoms with Gasteiger partial charge in [-0.25, -0.2) is 9.78 Å². The lowest BCUT2D eigenvalue weighted by Gasteiger charge is -2.31. The molecule has 0 fully saturated rings. The van der Waals surface area contributed by atoms with Gasteiger partial charge in [-0.1, -0.05) is 30.3 Å². The predicted octanol–water partition coefficient (Wildman–Crippen LogP) is 3.24. The van der Waals surface area contributed by atoms with Crippen LogP contribution >= 0.6 is 0 Å². The first-order chi connectivity index (χ1) is 10.9. The first kappa shape index (κ1) is 15.5. The number of carbonyl (C=O) groups is 1. The van der Waals surface area contributed by atoms with Gasteiger partial charge in [0.2, 0.25) is 0 Å². The lowest BCUT2D eigenvalue weighted by Crippen LogP contribution is -2.33. The van der Waals surface area contributed by atoms with Crippen LogP contribution in [0.3, 0.4) is 0 Å². The number of pyridine rings is 1. The summed E-state index contributed by atoms with van der Waals surface area (Å²) in [6.07, 6.45) is 0.669. The number of carboxylic acids is 1. The molecule has 0 spiro atoms. The Balaban J connectivity index is 1.90. The Kier molecular flexibility index (Phi) is 4.05. The monoisotopic (exact) mass is 312 g/mol. The molecule has 2 heterocycles. The molecule has 2 aromatic rings. The van der Waals surface area contributed by atoms with E-state index in [9.17, 15) is 9.90 Å². The molecule has 1 aromatic heterocycles. The van der Waals surface area contributed by atoms with Gasteiger partial charge in [0.15, 0.2) is 0 Å². The number of ether oxygens (including phenoxy) is 1. The summed E-state index contributed by atoms with van der Waals surface area (Å²) in [5, 5.41) is 12.6. The summed E-state index contributed by atoms with van der Waals surface area (Å²) in [7, 11) is 0. The van der Waals surface area contributed by atoms with E-state index in [1.807, 2.05) is 44.2 Å². The summed E-state index contributed by atoms with van der Waals surface area (Å²) in [5.74, 6) is -0.571. The molecule has 3 rings (SSSR count). The van der Waals surface area contributed by atoms with E-state index in [2.05, 4.69) is 10.3 Å². The molecule has 0 atom stereocenters. The highest BCUT2D eigenvalue weighted by Gasteiger charge is 2.29. The average molecular weight is 312 g/mol. The second-order valence-corrected chi connectivity index (χ2v) is 6.36. The number of rotatable bonds is 4. The number of aromatic carboxylic acids is 1. The van der Waals surface area contributed by atoms with Crippen molar-refractivity contribution in [2.45, 2.75) is 39.0 Å². The maximum atomic E-state index is 11.5. The largest absolute Gasteiger partial charge is 0.478 e. The van der Waals surface area contributed by atoms with Gasteiger partial charge in [-0.3, -0.25) is 0 Å². The smallest absolute Gasteiger partial charge is 0.339 e. The molecule has 120 valence electrons. The number of nitrogens with one attached hydrogen (secondary N) is 1. The molecule has 1 aliphatic heterocycles. The first-order valence-corrected chi connectivity index (χ1v) is 7.62. The minimum absolute atomic E-state index is 0.183. The van der Waals surface area contributed by atoms with E-state index < -0.39 is 5.97 Å². The molecular formula is C18H20N2O3. The standard InChI is InChI=1S/C18H20N2O3/c1-18(2)9-15-13(11-23-18)8-14(17(21)22)16(20-15)19-10-12-6-4-3-5-7-12/h3-8H,9-11H2,1-2H3,(H,19,20)(H,21,22). The molecule has 0 unspecified atom stereocenters. The highest BCUT2D eigenvalue weighted by molar-refractivity contribution is 5.93. The molecule has 0 saturated carbocycles. The van der Waals surface area contributed by atoms with Crippen LogP contribution in [-0.4, -0.2) is 21.7 Å². The van der Waals surface area contributed by atoms with E-state index in [-0.39, 0.29) is 11.2 Å². The van der Waals surface area contributed by atoms with Gasteiger partial charge >= 0.3 is 5.97 Å². The van der Waals surface area contributed by atoms with Gasteiger partial charge in [0.05, 0.1) is 17.9 Å². The van der Waals surface area contributed by atoms with Gasteiger partial charge in [-0.05, 0) is 25.5 Å². The SMILES string of the molecule is CC1(C)Cc2nc(NCc3ccccc3)c(C(=O)O)cc2CO1. The zero-order valence-corrected chi connectivity index (χ0v) is 13.3. The average Bonchev–Trinajstić information content (AvgIpc) is 2.52. The van der Waals surface area contributed by atoms with Crippen LogP contribution in [0.15, 0.2) is 36.4 Å². The molecular weight excluding hydrogens is 292 g/mol. The fraction of sp³-hybridized carbons (Fsp3) is 0.333. The predicted molar refractivity (Wildman–Crippen MR) is 87.5 cm³/mol. The fourth-order valence-corrected chi connectivity index (χ4v) is 2.68. The quantitative estimate of drug-likeness (QED) is 0.907. The third-order valence-electron chi connectivity index (χ3n) is 3.94. The third kappa shape index (κ3) is 3.51. The molecule has 1 aliphatic rings. The zero-order chi connectivity index (χ0) is 16.4. The van der Waals surface area contributed by atoms with Crippen LogP contribution in [0.4, 0.5) is 5.82 Å². The molecule has 1 aromatic carbocycles. The molecule has 2 N–H and O–H groups in total. The second kappa shape index (κ2) is 6.01. The van der Waals surface area contributed by atoms with Gasteiger partial charge in [-0.2, -0.15) is 0 Å². The summed E-state index contributed by atoms with van der Waals surface area (Å²) in [4.78, 5) is 16.1. The van der Waals surface area contributed by atoms with Crippen LogP contribution in [0, 0.1) is 0 Å². The third-order valence-corrected chi connectivity index (χ3v) is 3.94. The first-order valence-electron chi connectivity index (χ1n) is 7.62. The molecule has 23 heavy (non-hydrogen) atoms. The van der Waals surface area contributed by atoms with E-state index in [0.29, 0.717) is 25.4 Å². The molecule has 0 radical (unpaired) electrons. The Bertz CT molecular complexity index is 727. The number of anilines is 1.